The molecule has 0 radical (unpaired) electrons. The van der Waals surface area contributed by atoms with E-state index >= 15 is 0 Å². The van der Waals surface area contributed by atoms with Gasteiger partial charge in [0, 0.05) is 7.11 Å². The Morgan fingerprint density at radius 2 is 1.53 bits per heavy atom. The molecule has 0 bridgehead atoms. The second kappa shape index (κ2) is 8.28. The number of hydrogen-bond donors (Lipinski definition) is 0. The molecule has 0 aromatic heterocycles. The van der Waals surface area contributed by atoms with Gasteiger partial charge in [-0.1, -0.05) is 47.0 Å². The van der Waals surface area contributed by atoms with Crippen molar-refractivity contribution in [3.05, 3.63) is 0 Å². The molecular weight excluding hydrogens is 228 g/mol. The molecule has 17 heavy (non-hydrogen) atoms. The standard InChI is InChI=1S/C14H32O2Si/c1-8-12(4)14(11-13(9-2)10-3)16-17(6,7)15-5/h12-14H,8-11H2,1-7H3. The van der Waals surface area contributed by atoms with Crippen LogP contribution in [0.25, 0.3) is 0 Å². The van der Waals surface area contributed by atoms with Gasteiger partial charge in [0.2, 0.25) is 0 Å². The molecule has 104 valence electrons. The van der Waals surface area contributed by atoms with E-state index in [1.54, 1.807) is 7.11 Å². The van der Waals surface area contributed by atoms with Crippen LogP contribution in [0.1, 0.15) is 53.4 Å². The van der Waals surface area contributed by atoms with Crippen molar-refractivity contribution in [3.8, 4) is 0 Å². The van der Waals surface area contributed by atoms with Crippen LogP contribution in [-0.2, 0) is 8.85 Å². The van der Waals surface area contributed by atoms with Gasteiger partial charge in [0.1, 0.15) is 0 Å². The maximum absolute atomic E-state index is 6.29. The molecule has 0 aliphatic heterocycles. The first-order chi connectivity index (χ1) is 7.90. The molecule has 0 aromatic rings. The Kier molecular flexibility index (Phi) is 8.34. The third kappa shape index (κ3) is 6.58. The van der Waals surface area contributed by atoms with Crippen LogP contribution in [0.15, 0.2) is 0 Å². The summed E-state index contributed by atoms with van der Waals surface area (Å²) in [5.41, 5.74) is 0. The minimum absolute atomic E-state index is 0.367. The van der Waals surface area contributed by atoms with Gasteiger partial charge in [0.25, 0.3) is 0 Å². The highest BCUT2D eigenvalue weighted by atomic mass is 28.4. The van der Waals surface area contributed by atoms with Crippen molar-refractivity contribution in [1.82, 2.24) is 0 Å². The van der Waals surface area contributed by atoms with Crippen LogP contribution in [-0.4, -0.2) is 21.8 Å². The van der Waals surface area contributed by atoms with Crippen LogP contribution in [0.3, 0.4) is 0 Å². The lowest BCUT2D eigenvalue weighted by molar-refractivity contribution is 0.0703. The normalized spacial score (nSPS) is 16.2. The average Bonchev–Trinajstić information content (AvgIpc) is 2.33. The molecule has 0 N–H and O–H groups in total. The summed E-state index contributed by atoms with van der Waals surface area (Å²) in [7, 11) is -0.137. The fourth-order valence-corrected chi connectivity index (χ4v) is 3.18. The summed E-state index contributed by atoms with van der Waals surface area (Å²) in [5.74, 6) is 1.41. The van der Waals surface area contributed by atoms with E-state index in [0.717, 1.165) is 5.92 Å². The molecule has 0 aromatic carbocycles. The van der Waals surface area contributed by atoms with E-state index in [0.29, 0.717) is 12.0 Å². The van der Waals surface area contributed by atoms with E-state index < -0.39 is 8.56 Å². The van der Waals surface area contributed by atoms with Crippen LogP contribution >= 0.6 is 0 Å². The van der Waals surface area contributed by atoms with E-state index in [-0.39, 0.29) is 0 Å². The van der Waals surface area contributed by atoms with Crippen molar-refractivity contribution >= 4 is 8.56 Å². The van der Waals surface area contributed by atoms with Gasteiger partial charge < -0.3 is 8.85 Å². The lowest BCUT2D eigenvalue weighted by Gasteiger charge is -2.33. The van der Waals surface area contributed by atoms with Gasteiger partial charge in [-0.2, -0.15) is 0 Å². The Balaban J connectivity index is 4.53. The Morgan fingerprint density at radius 1 is 1.00 bits per heavy atom. The summed E-state index contributed by atoms with van der Waals surface area (Å²) in [5, 5.41) is 0. The first-order valence-corrected chi connectivity index (χ1v) is 9.94. The monoisotopic (exact) mass is 260 g/mol. The maximum Gasteiger partial charge on any atom is 0.331 e. The zero-order chi connectivity index (χ0) is 13.5. The molecule has 2 atom stereocenters. The van der Waals surface area contributed by atoms with Crippen LogP contribution < -0.4 is 0 Å². The lowest BCUT2D eigenvalue weighted by atomic mass is 9.89. The van der Waals surface area contributed by atoms with Crippen LogP contribution in [0.4, 0.5) is 0 Å². The molecule has 2 nitrogen and oxygen atoms in total. The van der Waals surface area contributed by atoms with E-state index in [4.69, 9.17) is 8.85 Å². The molecule has 0 spiro atoms. The summed E-state index contributed by atoms with van der Waals surface area (Å²) in [6.45, 7) is 13.4. The van der Waals surface area contributed by atoms with Gasteiger partial charge in [0.15, 0.2) is 0 Å². The highest BCUT2D eigenvalue weighted by Gasteiger charge is 2.30. The summed E-state index contributed by atoms with van der Waals surface area (Å²) in [6.07, 6.45) is 5.23. The second-order valence-corrected chi connectivity index (χ2v) is 9.01. The van der Waals surface area contributed by atoms with Gasteiger partial charge in [-0.25, -0.2) is 0 Å². The molecule has 0 aliphatic rings. The minimum atomic E-state index is -1.91. The lowest BCUT2D eigenvalue weighted by Crippen LogP contribution is -2.41. The van der Waals surface area contributed by atoms with E-state index in [9.17, 15) is 0 Å². The number of rotatable bonds is 9. The third-order valence-electron chi connectivity index (χ3n) is 3.93. The predicted octanol–water partition coefficient (Wildman–Crippen LogP) is 4.59. The Labute approximate surface area is 109 Å². The molecule has 0 aliphatic carbocycles. The second-order valence-electron chi connectivity index (χ2n) is 5.56. The molecule has 0 saturated carbocycles. The molecular formula is C14H32O2Si. The quantitative estimate of drug-likeness (QED) is 0.564. The third-order valence-corrected chi connectivity index (χ3v) is 5.78. The van der Waals surface area contributed by atoms with Crippen LogP contribution in [0.5, 0.6) is 0 Å². The maximum atomic E-state index is 6.29. The van der Waals surface area contributed by atoms with Crippen molar-refractivity contribution in [2.75, 3.05) is 7.11 Å². The first kappa shape index (κ1) is 17.1. The van der Waals surface area contributed by atoms with Crippen LogP contribution in [0, 0.1) is 11.8 Å². The Morgan fingerprint density at radius 3 is 1.88 bits per heavy atom. The molecule has 0 saturated heterocycles. The highest BCUT2D eigenvalue weighted by Crippen LogP contribution is 2.26. The van der Waals surface area contributed by atoms with Crippen molar-refractivity contribution < 1.29 is 8.85 Å². The zero-order valence-corrected chi connectivity index (χ0v) is 13.9. The van der Waals surface area contributed by atoms with Crippen molar-refractivity contribution in [2.24, 2.45) is 11.8 Å². The SMILES string of the molecule is CCC(CC)CC(O[Si](C)(C)OC)C(C)CC. The molecule has 0 rings (SSSR count). The summed E-state index contributed by atoms with van der Waals surface area (Å²) in [4.78, 5) is 0. The van der Waals surface area contributed by atoms with Crippen LogP contribution in [0.2, 0.25) is 13.1 Å². The van der Waals surface area contributed by atoms with Gasteiger partial charge in [-0.15, -0.1) is 0 Å². The number of hydrogen-bond acceptors (Lipinski definition) is 2. The van der Waals surface area contributed by atoms with E-state index in [1.165, 1.54) is 25.7 Å². The Hall–Kier alpha value is 0.137. The highest BCUT2D eigenvalue weighted by molar-refractivity contribution is 6.64. The summed E-state index contributed by atoms with van der Waals surface area (Å²) >= 11 is 0. The smallest absolute Gasteiger partial charge is 0.331 e. The summed E-state index contributed by atoms with van der Waals surface area (Å²) < 4.78 is 11.8. The molecule has 3 heteroatoms. The molecule has 0 heterocycles. The topological polar surface area (TPSA) is 18.5 Å². The fraction of sp³-hybridized carbons (Fsp3) is 1.00. The molecule has 0 fully saturated rings. The van der Waals surface area contributed by atoms with E-state index in [1.807, 2.05) is 0 Å². The zero-order valence-electron chi connectivity index (χ0n) is 12.9. The van der Waals surface area contributed by atoms with Gasteiger partial charge in [0.05, 0.1) is 6.10 Å². The van der Waals surface area contributed by atoms with E-state index in [2.05, 4.69) is 40.8 Å². The van der Waals surface area contributed by atoms with Gasteiger partial charge in [-0.3, -0.25) is 0 Å². The van der Waals surface area contributed by atoms with Crippen molar-refractivity contribution in [2.45, 2.75) is 72.6 Å². The largest absolute Gasteiger partial charge is 0.398 e. The molecule has 0 amide bonds. The average molecular weight is 260 g/mol. The van der Waals surface area contributed by atoms with Gasteiger partial charge in [-0.05, 0) is 31.4 Å². The van der Waals surface area contributed by atoms with Crippen molar-refractivity contribution in [1.29, 1.82) is 0 Å². The molecule has 2 unspecified atom stereocenters. The predicted molar refractivity (Wildman–Crippen MR) is 77.5 cm³/mol. The minimum Gasteiger partial charge on any atom is -0.398 e. The fourth-order valence-electron chi connectivity index (χ4n) is 2.02. The summed E-state index contributed by atoms with van der Waals surface area (Å²) in [6, 6.07) is 0. The first-order valence-electron chi connectivity index (χ1n) is 7.13. The Bertz CT molecular complexity index is 191. The van der Waals surface area contributed by atoms with Crippen molar-refractivity contribution in [3.63, 3.8) is 0 Å². The van der Waals surface area contributed by atoms with Gasteiger partial charge >= 0.3 is 8.56 Å².